The Hall–Kier alpha value is -1.55. The lowest BCUT2D eigenvalue weighted by molar-refractivity contribution is 0.416. The largest absolute Gasteiger partial charge is 0.495 e. The third-order valence-electron chi connectivity index (χ3n) is 2.58. The highest BCUT2D eigenvalue weighted by molar-refractivity contribution is 9.10. The van der Waals surface area contributed by atoms with E-state index in [0.29, 0.717) is 0 Å². The van der Waals surface area contributed by atoms with Gasteiger partial charge in [0.05, 0.1) is 12.8 Å². The Kier molecular flexibility index (Phi) is 4.59. The lowest BCUT2D eigenvalue weighted by Crippen LogP contribution is -2.06. The van der Waals surface area contributed by atoms with Gasteiger partial charge in [0, 0.05) is 29.3 Å². The molecule has 0 aliphatic carbocycles. The molecule has 1 N–H and O–H groups in total. The molecule has 0 amide bonds. The summed E-state index contributed by atoms with van der Waals surface area (Å²) in [5, 5.41) is 3.36. The molecule has 0 aliphatic rings. The fraction of sp³-hybridized carbons (Fsp3) is 0.214. The number of methoxy groups -OCH3 is 1. The van der Waals surface area contributed by atoms with E-state index in [1.165, 1.54) is 0 Å². The van der Waals surface area contributed by atoms with Crippen LogP contribution in [0.3, 0.4) is 0 Å². The summed E-state index contributed by atoms with van der Waals surface area (Å²) in [6.07, 6.45) is 2.70. The van der Waals surface area contributed by atoms with Crippen molar-refractivity contribution >= 4 is 21.6 Å². The van der Waals surface area contributed by atoms with Gasteiger partial charge in [-0.25, -0.2) is 0 Å². The van der Waals surface area contributed by atoms with Crippen LogP contribution >= 0.6 is 15.9 Å². The number of anilines is 1. The van der Waals surface area contributed by atoms with Crippen molar-refractivity contribution in [3.8, 4) is 5.75 Å². The molecule has 2 aromatic rings. The second kappa shape index (κ2) is 6.40. The highest BCUT2D eigenvalue weighted by Crippen LogP contribution is 2.27. The highest BCUT2D eigenvalue weighted by Gasteiger charge is 2.03. The van der Waals surface area contributed by atoms with E-state index in [1.54, 1.807) is 7.11 Å². The molecule has 1 aromatic heterocycles. The summed E-state index contributed by atoms with van der Waals surface area (Å²) in [4.78, 5) is 4.29. The van der Waals surface area contributed by atoms with Gasteiger partial charge in [0.15, 0.2) is 0 Å². The number of nitrogens with zero attached hydrogens (tertiary/aromatic N) is 1. The zero-order valence-electron chi connectivity index (χ0n) is 10.2. The number of benzene rings is 1. The van der Waals surface area contributed by atoms with Crippen LogP contribution in [-0.2, 0) is 6.42 Å². The van der Waals surface area contributed by atoms with E-state index in [2.05, 4.69) is 26.2 Å². The van der Waals surface area contributed by atoms with Gasteiger partial charge in [-0.15, -0.1) is 0 Å². The summed E-state index contributed by atoms with van der Waals surface area (Å²) in [5.74, 6) is 0.847. The Morgan fingerprint density at radius 1 is 1.28 bits per heavy atom. The Morgan fingerprint density at radius 3 is 2.89 bits per heavy atom. The molecule has 0 spiro atoms. The molecule has 0 radical (unpaired) electrons. The van der Waals surface area contributed by atoms with Crippen LogP contribution in [0, 0.1) is 0 Å². The molecular weight excluding hydrogens is 292 g/mol. The maximum Gasteiger partial charge on any atom is 0.142 e. The molecular formula is C14H15BrN2O. The zero-order chi connectivity index (χ0) is 12.8. The van der Waals surface area contributed by atoms with Crippen molar-refractivity contribution < 1.29 is 4.74 Å². The molecule has 0 saturated carbocycles. The summed E-state index contributed by atoms with van der Waals surface area (Å²) < 4.78 is 6.34. The van der Waals surface area contributed by atoms with Crippen LogP contribution in [0.25, 0.3) is 0 Å². The molecule has 94 valence electrons. The van der Waals surface area contributed by atoms with Crippen LogP contribution in [0.15, 0.2) is 47.1 Å². The van der Waals surface area contributed by atoms with Gasteiger partial charge in [0.1, 0.15) is 5.75 Å². The van der Waals surface area contributed by atoms with E-state index in [4.69, 9.17) is 4.74 Å². The number of aromatic nitrogens is 1. The standard InChI is InChI=1S/C14H15BrN2O/c1-18-14-6-5-11(15)10-13(14)17-9-7-12-4-2-3-8-16-12/h2-6,8,10,17H,7,9H2,1H3. The second-order valence-corrected chi connectivity index (χ2v) is 4.76. The van der Waals surface area contributed by atoms with Gasteiger partial charge in [-0.3, -0.25) is 4.98 Å². The first kappa shape index (κ1) is 12.9. The number of nitrogens with one attached hydrogen (secondary N) is 1. The van der Waals surface area contributed by atoms with Crippen molar-refractivity contribution in [1.82, 2.24) is 4.98 Å². The van der Waals surface area contributed by atoms with Gasteiger partial charge in [-0.05, 0) is 30.3 Å². The highest BCUT2D eigenvalue weighted by atomic mass is 79.9. The lowest BCUT2D eigenvalue weighted by Gasteiger charge is -2.11. The Bertz CT molecular complexity index is 502. The van der Waals surface area contributed by atoms with Crippen LogP contribution in [-0.4, -0.2) is 18.6 Å². The average Bonchev–Trinajstić information content (AvgIpc) is 2.40. The summed E-state index contributed by atoms with van der Waals surface area (Å²) in [5.41, 5.74) is 2.07. The summed E-state index contributed by atoms with van der Waals surface area (Å²) in [7, 11) is 1.67. The van der Waals surface area contributed by atoms with Gasteiger partial charge < -0.3 is 10.1 Å². The van der Waals surface area contributed by atoms with Crippen LogP contribution in [0.5, 0.6) is 5.75 Å². The van der Waals surface area contributed by atoms with Crippen molar-refractivity contribution in [2.45, 2.75) is 6.42 Å². The summed E-state index contributed by atoms with van der Waals surface area (Å²) >= 11 is 3.45. The number of ether oxygens (including phenoxy) is 1. The van der Waals surface area contributed by atoms with E-state index in [9.17, 15) is 0 Å². The molecule has 3 nitrogen and oxygen atoms in total. The molecule has 4 heteroatoms. The molecule has 1 heterocycles. The molecule has 1 aromatic carbocycles. The Morgan fingerprint density at radius 2 is 2.17 bits per heavy atom. The van der Waals surface area contributed by atoms with Crippen molar-refractivity contribution in [2.75, 3.05) is 19.0 Å². The number of pyridine rings is 1. The minimum absolute atomic E-state index is 0.823. The SMILES string of the molecule is COc1ccc(Br)cc1NCCc1ccccn1. The Balaban J connectivity index is 1.96. The molecule has 0 aliphatic heterocycles. The van der Waals surface area contributed by atoms with Crippen molar-refractivity contribution in [2.24, 2.45) is 0 Å². The first-order valence-electron chi connectivity index (χ1n) is 5.77. The van der Waals surface area contributed by atoms with Crippen molar-refractivity contribution in [3.05, 3.63) is 52.8 Å². The van der Waals surface area contributed by atoms with Gasteiger partial charge >= 0.3 is 0 Å². The smallest absolute Gasteiger partial charge is 0.142 e. The van der Waals surface area contributed by atoms with Gasteiger partial charge in [0.25, 0.3) is 0 Å². The maximum atomic E-state index is 5.30. The maximum absolute atomic E-state index is 5.30. The van der Waals surface area contributed by atoms with E-state index in [1.807, 2.05) is 42.6 Å². The van der Waals surface area contributed by atoms with E-state index in [-0.39, 0.29) is 0 Å². The fourth-order valence-electron chi connectivity index (χ4n) is 1.69. The molecule has 0 bridgehead atoms. The predicted octanol–water partition coefficient (Wildman–Crippen LogP) is 3.51. The molecule has 0 unspecified atom stereocenters. The zero-order valence-corrected chi connectivity index (χ0v) is 11.8. The first-order chi connectivity index (χ1) is 8.79. The van der Waals surface area contributed by atoms with Crippen molar-refractivity contribution in [1.29, 1.82) is 0 Å². The average molecular weight is 307 g/mol. The minimum Gasteiger partial charge on any atom is -0.495 e. The molecule has 0 fully saturated rings. The van der Waals surface area contributed by atoms with Crippen molar-refractivity contribution in [3.63, 3.8) is 0 Å². The first-order valence-corrected chi connectivity index (χ1v) is 6.56. The van der Waals surface area contributed by atoms with Gasteiger partial charge in [0.2, 0.25) is 0 Å². The Labute approximate surface area is 115 Å². The quantitative estimate of drug-likeness (QED) is 0.918. The van der Waals surface area contributed by atoms with Crippen LogP contribution in [0.1, 0.15) is 5.69 Å². The molecule has 2 rings (SSSR count). The predicted molar refractivity (Wildman–Crippen MR) is 77.1 cm³/mol. The third-order valence-corrected chi connectivity index (χ3v) is 3.08. The minimum atomic E-state index is 0.823. The van der Waals surface area contributed by atoms with Crippen LogP contribution in [0.4, 0.5) is 5.69 Å². The van der Waals surface area contributed by atoms with Crippen LogP contribution in [0.2, 0.25) is 0 Å². The number of hydrogen-bond donors (Lipinski definition) is 1. The number of hydrogen-bond acceptors (Lipinski definition) is 3. The molecule has 0 atom stereocenters. The van der Waals surface area contributed by atoms with E-state index in [0.717, 1.165) is 34.6 Å². The topological polar surface area (TPSA) is 34.1 Å². The van der Waals surface area contributed by atoms with Crippen LogP contribution < -0.4 is 10.1 Å². The number of halogens is 1. The molecule has 18 heavy (non-hydrogen) atoms. The number of rotatable bonds is 5. The van der Waals surface area contributed by atoms with Gasteiger partial charge in [-0.2, -0.15) is 0 Å². The normalized spacial score (nSPS) is 10.1. The van der Waals surface area contributed by atoms with E-state index < -0.39 is 0 Å². The summed E-state index contributed by atoms with van der Waals surface area (Å²) in [6, 6.07) is 11.9. The van der Waals surface area contributed by atoms with E-state index >= 15 is 0 Å². The third kappa shape index (κ3) is 3.47. The summed E-state index contributed by atoms with van der Waals surface area (Å²) in [6.45, 7) is 0.823. The monoisotopic (exact) mass is 306 g/mol. The van der Waals surface area contributed by atoms with Gasteiger partial charge in [-0.1, -0.05) is 22.0 Å². The molecule has 0 saturated heterocycles. The second-order valence-electron chi connectivity index (χ2n) is 3.84. The fourth-order valence-corrected chi connectivity index (χ4v) is 2.05. The lowest BCUT2D eigenvalue weighted by atomic mass is 10.2.